The Morgan fingerprint density at radius 3 is 2.59 bits per heavy atom. The molecule has 0 radical (unpaired) electrons. The molecular weight excluding hydrogens is 400 g/mol. The summed E-state index contributed by atoms with van der Waals surface area (Å²) in [7, 11) is 1.87. The number of carboxylic acids is 1. The van der Waals surface area contributed by atoms with Gasteiger partial charge in [-0.05, 0) is 60.1 Å². The van der Waals surface area contributed by atoms with Crippen molar-refractivity contribution >= 4 is 5.97 Å². The van der Waals surface area contributed by atoms with E-state index in [1.54, 1.807) is 12.3 Å². The second-order valence-electron chi connectivity index (χ2n) is 8.75. The van der Waals surface area contributed by atoms with Gasteiger partial charge in [0, 0.05) is 13.2 Å². The minimum atomic E-state index is -0.926. The van der Waals surface area contributed by atoms with Crippen molar-refractivity contribution in [3.05, 3.63) is 71.1 Å². The van der Waals surface area contributed by atoms with Gasteiger partial charge in [-0.1, -0.05) is 62.4 Å². The van der Waals surface area contributed by atoms with E-state index < -0.39 is 5.97 Å². The van der Waals surface area contributed by atoms with Crippen LogP contribution in [0, 0.1) is 12.8 Å². The molecule has 32 heavy (non-hydrogen) atoms. The number of aromatic carboxylic acids is 1. The number of hydrogen-bond acceptors (Lipinski definition) is 4. The van der Waals surface area contributed by atoms with Crippen molar-refractivity contribution in [2.75, 3.05) is 7.05 Å². The summed E-state index contributed by atoms with van der Waals surface area (Å²) in [5, 5.41) is 12.9. The predicted molar refractivity (Wildman–Crippen MR) is 129 cm³/mol. The molecule has 1 saturated carbocycles. The molecular formula is C27H36N2O3. The van der Waals surface area contributed by atoms with Crippen LogP contribution in [0.2, 0.25) is 0 Å². The van der Waals surface area contributed by atoms with Gasteiger partial charge in [0.25, 0.3) is 0 Å². The van der Waals surface area contributed by atoms with Gasteiger partial charge in [0.15, 0.2) is 0 Å². The third-order valence-electron chi connectivity index (χ3n) is 6.58. The molecule has 3 rings (SSSR count). The van der Waals surface area contributed by atoms with Crippen LogP contribution in [0.1, 0.15) is 66.4 Å². The van der Waals surface area contributed by atoms with Crippen molar-refractivity contribution in [2.45, 2.75) is 64.6 Å². The number of carbonyl (C=O) groups is 1. The van der Waals surface area contributed by atoms with Crippen LogP contribution in [0.15, 0.2) is 54.4 Å². The summed E-state index contributed by atoms with van der Waals surface area (Å²) in [6.45, 7) is 2.39. The van der Waals surface area contributed by atoms with E-state index in [4.69, 9.17) is 10.5 Å². The monoisotopic (exact) mass is 436 g/mol. The van der Waals surface area contributed by atoms with Gasteiger partial charge < -0.3 is 20.9 Å². The van der Waals surface area contributed by atoms with Crippen molar-refractivity contribution in [1.82, 2.24) is 5.32 Å². The third-order valence-corrected chi connectivity index (χ3v) is 6.58. The minimum Gasteiger partial charge on any atom is -0.478 e. The van der Waals surface area contributed by atoms with E-state index in [1.165, 1.54) is 32.1 Å². The second kappa shape index (κ2) is 11.7. The molecule has 172 valence electrons. The normalized spacial score (nSPS) is 16.0. The van der Waals surface area contributed by atoms with Crippen molar-refractivity contribution in [1.29, 1.82) is 0 Å². The SMILES string of the molecule is CN/C(=C\N)C(CCC1CCCCC1)OCc1ccc(C(=O)O)c(-c2ccccc2C)c1. The van der Waals surface area contributed by atoms with Crippen molar-refractivity contribution < 1.29 is 14.6 Å². The number of ether oxygens (including phenoxy) is 1. The highest BCUT2D eigenvalue weighted by Gasteiger charge is 2.20. The zero-order chi connectivity index (χ0) is 22.9. The maximum Gasteiger partial charge on any atom is 0.336 e. The summed E-state index contributed by atoms with van der Waals surface area (Å²) in [5.74, 6) is -0.155. The van der Waals surface area contributed by atoms with E-state index in [0.29, 0.717) is 12.2 Å². The average molecular weight is 437 g/mol. The summed E-state index contributed by atoms with van der Waals surface area (Å²) in [5.41, 5.74) is 10.7. The van der Waals surface area contributed by atoms with E-state index in [0.717, 1.165) is 46.7 Å². The first-order chi connectivity index (χ1) is 15.5. The molecule has 2 aromatic carbocycles. The number of benzene rings is 2. The number of nitrogens with one attached hydrogen (secondary N) is 1. The van der Waals surface area contributed by atoms with E-state index >= 15 is 0 Å². The van der Waals surface area contributed by atoms with Crippen LogP contribution in [0.25, 0.3) is 11.1 Å². The first kappa shape index (κ1) is 23.9. The topological polar surface area (TPSA) is 84.6 Å². The Morgan fingerprint density at radius 2 is 1.94 bits per heavy atom. The molecule has 1 aliphatic carbocycles. The molecule has 2 aromatic rings. The number of aryl methyl sites for hydroxylation is 1. The van der Waals surface area contributed by atoms with E-state index in [9.17, 15) is 9.90 Å². The lowest BCUT2D eigenvalue weighted by Gasteiger charge is -2.26. The number of nitrogens with two attached hydrogens (primary N) is 1. The Morgan fingerprint density at radius 1 is 1.19 bits per heavy atom. The highest BCUT2D eigenvalue weighted by Crippen LogP contribution is 2.30. The van der Waals surface area contributed by atoms with Crippen LogP contribution in [-0.4, -0.2) is 24.2 Å². The number of likely N-dealkylation sites (N-methyl/N-ethyl adjacent to an activating group) is 1. The molecule has 1 unspecified atom stereocenters. The van der Waals surface area contributed by atoms with Gasteiger partial charge >= 0.3 is 5.97 Å². The first-order valence-corrected chi connectivity index (χ1v) is 11.7. The predicted octanol–water partition coefficient (Wildman–Crippen LogP) is 5.63. The van der Waals surface area contributed by atoms with Gasteiger partial charge in [-0.2, -0.15) is 0 Å². The van der Waals surface area contributed by atoms with Crippen LogP contribution >= 0.6 is 0 Å². The van der Waals surface area contributed by atoms with E-state index in [-0.39, 0.29) is 6.10 Å². The van der Waals surface area contributed by atoms with Crippen molar-refractivity contribution in [3.8, 4) is 11.1 Å². The lowest BCUT2D eigenvalue weighted by molar-refractivity contribution is 0.0494. The second-order valence-corrected chi connectivity index (χ2v) is 8.75. The summed E-state index contributed by atoms with van der Waals surface area (Å²) in [6, 6.07) is 13.3. The molecule has 5 nitrogen and oxygen atoms in total. The van der Waals surface area contributed by atoms with Gasteiger partial charge in [-0.25, -0.2) is 4.79 Å². The Balaban J connectivity index is 1.77. The maximum atomic E-state index is 11.8. The molecule has 0 saturated heterocycles. The van der Waals surface area contributed by atoms with Gasteiger partial charge in [0.05, 0.1) is 24.0 Å². The maximum absolute atomic E-state index is 11.8. The molecule has 0 aliphatic heterocycles. The molecule has 5 heteroatoms. The largest absolute Gasteiger partial charge is 0.478 e. The highest BCUT2D eigenvalue weighted by atomic mass is 16.5. The van der Waals surface area contributed by atoms with Crippen LogP contribution in [0.5, 0.6) is 0 Å². The Labute approximate surface area is 191 Å². The van der Waals surface area contributed by atoms with E-state index in [2.05, 4.69) is 5.32 Å². The fourth-order valence-corrected chi connectivity index (χ4v) is 4.71. The molecule has 1 aliphatic rings. The van der Waals surface area contributed by atoms with Crippen molar-refractivity contribution in [3.63, 3.8) is 0 Å². The molecule has 0 amide bonds. The zero-order valence-electron chi connectivity index (χ0n) is 19.3. The number of rotatable bonds is 10. The molecule has 0 aromatic heterocycles. The quantitative estimate of drug-likeness (QED) is 0.450. The Hall–Kier alpha value is -2.79. The smallest absolute Gasteiger partial charge is 0.336 e. The number of hydrogen-bond donors (Lipinski definition) is 3. The fraction of sp³-hybridized carbons (Fsp3) is 0.444. The lowest BCUT2D eigenvalue weighted by atomic mass is 9.85. The zero-order valence-corrected chi connectivity index (χ0v) is 19.3. The molecule has 0 heterocycles. The molecule has 1 atom stereocenters. The number of carboxylic acid groups (broad SMARTS) is 1. The van der Waals surface area contributed by atoms with Gasteiger partial charge in [0.2, 0.25) is 0 Å². The molecule has 0 bridgehead atoms. The van der Waals surface area contributed by atoms with Crippen LogP contribution in [0.3, 0.4) is 0 Å². The van der Waals surface area contributed by atoms with Gasteiger partial charge in [0.1, 0.15) is 0 Å². The standard InChI is InChI=1S/C27H36N2O3/c1-19-8-6-7-11-22(19)24-16-21(12-14-23(24)27(30)31)18-32-26(25(17-28)29-2)15-13-20-9-4-3-5-10-20/h6-8,11-12,14,16-17,20,26,29H,3-5,9-10,13,15,18,28H2,1-2H3,(H,30,31)/b25-17-. The van der Waals surface area contributed by atoms with Gasteiger partial charge in [-0.3, -0.25) is 0 Å². The van der Waals surface area contributed by atoms with E-state index in [1.807, 2.05) is 50.4 Å². The molecule has 0 spiro atoms. The van der Waals surface area contributed by atoms with Crippen LogP contribution in [-0.2, 0) is 11.3 Å². The fourth-order valence-electron chi connectivity index (χ4n) is 4.71. The lowest BCUT2D eigenvalue weighted by Crippen LogP contribution is -2.26. The van der Waals surface area contributed by atoms with Crippen molar-refractivity contribution in [2.24, 2.45) is 11.7 Å². The summed E-state index contributed by atoms with van der Waals surface area (Å²) >= 11 is 0. The summed E-state index contributed by atoms with van der Waals surface area (Å²) in [4.78, 5) is 11.8. The Kier molecular flexibility index (Phi) is 8.74. The average Bonchev–Trinajstić information content (AvgIpc) is 2.81. The summed E-state index contributed by atoms with van der Waals surface area (Å²) in [6.07, 6.45) is 10.2. The molecule has 4 N–H and O–H groups in total. The van der Waals surface area contributed by atoms with Crippen LogP contribution in [0.4, 0.5) is 0 Å². The third kappa shape index (κ3) is 6.13. The Bertz CT molecular complexity index is 932. The first-order valence-electron chi connectivity index (χ1n) is 11.7. The van der Waals surface area contributed by atoms with Gasteiger partial charge in [-0.15, -0.1) is 0 Å². The minimum absolute atomic E-state index is 0.104. The summed E-state index contributed by atoms with van der Waals surface area (Å²) < 4.78 is 6.33. The highest BCUT2D eigenvalue weighted by molar-refractivity contribution is 5.96. The molecule has 1 fully saturated rings. The van der Waals surface area contributed by atoms with Crippen LogP contribution < -0.4 is 11.1 Å².